The van der Waals surface area contributed by atoms with Gasteiger partial charge in [-0.05, 0) is 24.5 Å². The molecule has 2 saturated heterocycles. The van der Waals surface area contributed by atoms with Gasteiger partial charge in [-0.2, -0.15) is 0 Å². The third-order valence-corrected chi connectivity index (χ3v) is 3.86. The highest BCUT2D eigenvalue weighted by atomic mass is 35.5. The second-order valence-electron chi connectivity index (χ2n) is 4.64. The van der Waals surface area contributed by atoms with E-state index in [4.69, 9.17) is 11.6 Å². The summed E-state index contributed by atoms with van der Waals surface area (Å²) in [6, 6.07) is 4.62. The number of amides is 1. The number of hydrogen-bond acceptors (Lipinski definition) is 3. The summed E-state index contributed by atoms with van der Waals surface area (Å²) in [5, 5.41) is 3.43. The van der Waals surface area contributed by atoms with Gasteiger partial charge < -0.3 is 5.32 Å². The first-order valence-electron chi connectivity index (χ1n) is 5.88. The predicted molar refractivity (Wildman–Crippen MR) is 64.7 cm³/mol. The van der Waals surface area contributed by atoms with E-state index >= 15 is 0 Å². The molecular weight excluding hydrogens is 238 g/mol. The number of carbonyl (C=O) groups excluding carboxylic acids is 1. The number of fused-ring (bicyclic) bond motifs is 1. The Morgan fingerprint density at radius 2 is 2.29 bits per heavy atom. The third kappa shape index (κ3) is 2.03. The highest BCUT2D eigenvalue weighted by molar-refractivity contribution is 6.29. The molecule has 2 fully saturated rings. The molecule has 90 valence electrons. The van der Waals surface area contributed by atoms with Crippen LogP contribution in [0, 0.1) is 0 Å². The molecular formula is C12H14ClN3O. The van der Waals surface area contributed by atoms with E-state index in [2.05, 4.69) is 15.2 Å². The molecule has 0 spiro atoms. The van der Waals surface area contributed by atoms with E-state index in [1.54, 1.807) is 0 Å². The van der Waals surface area contributed by atoms with Crippen molar-refractivity contribution in [2.75, 3.05) is 13.1 Å². The fourth-order valence-electron chi connectivity index (χ4n) is 2.79. The standard InChI is InChI=1S/C12H14ClN3O/c13-11-4-1-8(5-14-11)10-3-2-9-6-15-12(17)7-16(9)10/h1,4-5,9-10H,2-3,6-7H2,(H,15,17). The largest absolute Gasteiger partial charge is 0.353 e. The lowest BCUT2D eigenvalue weighted by molar-refractivity contribution is -0.125. The fourth-order valence-corrected chi connectivity index (χ4v) is 2.90. The zero-order valence-corrected chi connectivity index (χ0v) is 10.2. The number of nitrogens with one attached hydrogen (secondary N) is 1. The smallest absolute Gasteiger partial charge is 0.234 e. The van der Waals surface area contributed by atoms with Crippen molar-refractivity contribution < 1.29 is 4.79 Å². The van der Waals surface area contributed by atoms with E-state index in [0.29, 0.717) is 23.8 Å². The fraction of sp³-hybridized carbons (Fsp3) is 0.500. The van der Waals surface area contributed by atoms with Crippen molar-refractivity contribution in [3.8, 4) is 0 Å². The van der Waals surface area contributed by atoms with E-state index in [1.165, 1.54) is 0 Å². The Kier molecular flexibility index (Phi) is 2.76. The molecule has 1 N–H and O–H groups in total. The van der Waals surface area contributed by atoms with Gasteiger partial charge in [-0.25, -0.2) is 4.98 Å². The summed E-state index contributed by atoms with van der Waals surface area (Å²) < 4.78 is 0. The molecule has 0 saturated carbocycles. The number of halogens is 1. The average Bonchev–Trinajstić information content (AvgIpc) is 2.73. The van der Waals surface area contributed by atoms with Gasteiger partial charge in [0.25, 0.3) is 0 Å². The van der Waals surface area contributed by atoms with Gasteiger partial charge in [0.15, 0.2) is 0 Å². The van der Waals surface area contributed by atoms with Gasteiger partial charge in [0, 0.05) is 24.8 Å². The lowest BCUT2D eigenvalue weighted by Crippen LogP contribution is -2.51. The van der Waals surface area contributed by atoms with Gasteiger partial charge in [-0.1, -0.05) is 17.7 Å². The van der Waals surface area contributed by atoms with Crippen molar-refractivity contribution in [1.29, 1.82) is 0 Å². The average molecular weight is 252 g/mol. The maximum Gasteiger partial charge on any atom is 0.234 e. The first-order chi connectivity index (χ1) is 8.24. The lowest BCUT2D eigenvalue weighted by atomic mass is 10.1. The SMILES string of the molecule is O=C1CN2C(CCC2c2ccc(Cl)nc2)CN1. The van der Waals surface area contributed by atoms with Crippen molar-refractivity contribution in [2.45, 2.75) is 24.9 Å². The Bertz CT molecular complexity index is 434. The molecule has 0 aromatic carbocycles. The molecule has 0 aliphatic carbocycles. The van der Waals surface area contributed by atoms with Gasteiger partial charge in [-0.15, -0.1) is 0 Å². The summed E-state index contributed by atoms with van der Waals surface area (Å²) in [6.45, 7) is 1.27. The molecule has 2 aliphatic rings. The number of carbonyl (C=O) groups is 1. The van der Waals surface area contributed by atoms with Crippen LogP contribution in [0.15, 0.2) is 18.3 Å². The Labute approximate surface area is 105 Å². The van der Waals surface area contributed by atoms with Gasteiger partial charge >= 0.3 is 0 Å². The normalized spacial score (nSPS) is 28.9. The predicted octanol–water partition coefficient (Wildman–Crippen LogP) is 1.37. The monoisotopic (exact) mass is 251 g/mol. The second-order valence-corrected chi connectivity index (χ2v) is 5.02. The molecule has 1 aromatic rings. The van der Waals surface area contributed by atoms with Crippen LogP contribution in [0.2, 0.25) is 5.15 Å². The van der Waals surface area contributed by atoms with Crippen LogP contribution >= 0.6 is 11.6 Å². The zero-order chi connectivity index (χ0) is 11.8. The molecule has 1 amide bonds. The number of pyridine rings is 1. The van der Waals surface area contributed by atoms with Crippen LogP contribution in [-0.2, 0) is 4.79 Å². The van der Waals surface area contributed by atoms with Crippen molar-refractivity contribution >= 4 is 17.5 Å². The van der Waals surface area contributed by atoms with E-state index in [9.17, 15) is 4.79 Å². The molecule has 17 heavy (non-hydrogen) atoms. The Morgan fingerprint density at radius 1 is 1.41 bits per heavy atom. The number of hydrogen-bond donors (Lipinski definition) is 1. The summed E-state index contributed by atoms with van der Waals surface area (Å²) in [6.07, 6.45) is 4.04. The molecule has 1 aromatic heterocycles. The maximum absolute atomic E-state index is 11.4. The summed E-state index contributed by atoms with van der Waals surface area (Å²) >= 11 is 5.79. The molecule has 0 bridgehead atoms. The molecule has 2 aliphatic heterocycles. The van der Waals surface area contributed by atoms with E-state index in [0.717, 1.165) is 24.9 Å². The van der Waals surface area contributed by atoms with Gasteiger partial charge in [0.1, 0.15) is 5.15 Å². The first kappa shape index (κ1) is 11.0. The van der Waals surface area contributed by atoms with Crippen molar-refractivity contribution in [2.24, 2.45) is 0 Å². The van der Waals surface area contributed by atoms with E-state index in [-0.39, 0.29) is 5.91 Å². The van der Waals surface area contributed by atoms with Crippen LogP contribution in [0.1, 0.15) is 24.4 Å². The van der Waals surface area contributed by atoms with Gasteiger partial charge in [0.2, 0.25) is 5.91 Å². The maximum atomic E-state index is 11.4. The quantitative estimate of drug-likeness (QED) is 0.767. The third-order valence-electron chi connectivity index (χ3n) is 3.64. The second kappa shape index (κ2) is 4.27. The molecule has 0 radical (unpaired) electrons. The molecule has 2 atom stereocenters. The Balaban J connectivity index is 1.84. The minimum atomic E-state index is 0.120. The highest BCUT2D eigenvalue weighted by Gasteiger charge is 2.38. The number of rotatable bonds is 1. The van der Waals surface area contributed by atoms with Crippen molar-refractivity contribution in [3.63, 3.8) is 0 Å². The summed E-state index contributed by atoms with van der Waals surface area (Å²) in [4.78, 5) is 17.8. The lowest BCUT2D eigenvalue weighted by Gasteiger charge is -2.33. The van der Waals surface area contributed by atoms with Crippen molar-refractivity contribution in [3.05, 3.63) is 29.0 Å². The highest BCUT2D eigenvalue weighted by Crippen LogP contribution is 2.36. The molecule has 5 heteroatoms. The Morgan fingerprint density at radius 3 is 3.06 bits per heavy atom. The summed E-state index contributed by atoms with van der Waals surface area (Å²) in [5.74, 6) is 0.120. The number of nitrogens with zero attached hydrogens (tertiary/aromatic N) is 2. The molecule has 3 heterocycles. The minimum Gasteiger partial charge on any atom is -0.353 e. The van der Waals surface area contributed by atoms with Gasteiger partial charge in [0.05, 0.1) is 6.54 Å². The zero-order valence-electron chi connectivity index (χ0n) is 9.40. The van der Waals surface area contributed by atoms with Crippen molar-refractivity contribution in [1.82, 2.24) is 15.2 Å². The number of aromatic nitrogens is 1. The van der Waals surface area contributed by atoms with Crippen LogP contribution in [0.5, 0.6) is 0 Å². The number of piperazine rings is 1. The first-order valence-corrected chi connectivity index (χ1v) is 6.26. The summed E-state index contributed by atoms with van der Waals surface area (Å²) in [5.41, 5.74) is 1.16. The van der Waals surface area contributed by atoms with E-state index < -0.39 is 0 Å². The molecule has 4 nitrogen and oxygen atoms in total. The van der Waals surface area contributed by atoms with Crippen LogP contribution in [0.25, 0.3) is 0 Å². The van der Waals surface area contributed by atoms with E-state index in [1.807, 2.05) is 18.3 Å². The van der Waals surface area contributed by atoms with Crippen LogP contribution in [0.3, 0.4) is 0 Å². The summed E-state index contributed by atoms with van der Waals surface area (Å²) in [7, 11) is 0. The molecule has 3 rings (SSSR count). The van der Waals surface area contributed by atoms with Gasteiger partial charge in [-0.3, -0.25) is 9.69 Å². The topological polar surface area (TPSA) is 45.2 Å². The van der Waals surface area contributed by atoms with Crippen LogP contribution < -0.4 is 5.32 Å². The molecule has 2 unspecified atom stereocenters. The van der Waals surface area contributed by atoms with Crippen LogP contribution in [-0.4, -0.2) is 34.9 Å². The van der Waals surface area contributed by atoms with Crippen LogP contribution in [0.4, 0.5) is 0 Å². The Hall–Kier alpha value is -1.13. The minimum absolute atomic E-state index is 0.120.